The molecule has 0 bridgehead atoms. The van der Waals surface area contributed by atoms with Gasteiger partial charge in [0.05, 0.1) is 5.69 Å². The van der Waals surface area contributed by atoms with Crippen molar-refractivity contribution in [2.24, 2.45) is 23.7 Å². The zero-order valence-corrected chi connectivity index (χ0v) is 66.2. The van der Waals surface area contributed by atoms with Gasteiger partial charge >= 0.3 is 0 Å². The monoisotopic (exact) mass is 1420 g/mol. The Morgan fingerprint density at radius 2 is 0.934 bits per heavy atom. The molecule has 7 aromatic rings. The number of anilines is 4. The van der Waals surface area contributed by atoms with Gasteiger partial charge in [-0.05, 0) is 194 Å². The molecule has 4 nitrogen and oxygen atoms in total. The molecule has 10 fully saturated rings. The summed E-state index contributed by atoms with van der Waals surface area (Å²) in [7, 11) is 0. The van der Waals surface area contributed by atoms with Crippen LogP contribution in [0, 0.1) is 23.7 Å². The van der Waals surface area contributed by atoms with Crippen molar-refractivity contribution in [2.75, 3.05) is 14.7 Å². The summed E-state index contributed by atoms with van der Waals surface area (Å²) < 4.78 is 0. The predicted octanol–water partition coefficient (Wildman–Crippen LogP) is 25.4. The lowest BCUT2D eigenvalue weighted by molar-refractivity contribution is 0.00784. The Bertz CT molecular complexity index is 4180. The molecule has 7 saturated carbocycles. The molecule has 0 N–H and O–H groups in total. The third kappa shape index (κ3) is 12.9. The number of benzene rings is 7. The minimum Gasteiger partial charge on any atom is -0.365 e. The first-order chi connectivity index (χ1) is 51.9. The van der Waals surface area contributed by atoms with Crippen LogP contribution >= 0.6 is 11.8 Å². The van der Waals surface area contributed by atoms with Gasteiger partial charge in [0, 0.05) is 92.2 Å². The highest BCUT2D eigenvalue weighted by Crippen LogP contribution is 2.68. The topological polar surface area (TPSA) is 13.0 Å². The molecule has 12 atom stereocenters. The highest BCUT2D eigenvalue weighted by atomic mass is 32.2. The third-order valence-electron chi connectivity index (χ3n) is 30.8. The van der Waals surface area contributed by atoms with Gasteiger partial charge in [-0.2, -0.15) is 11.8 Å². The molecule has 0 radical (unpaired) electrons. The molecular formula is C99H122B2N4S. The average molecular weight is 1420 g/mol. The van der Waals surface area contributed by atoms with Crippen LogP contribution < -0.4 is 20.2 Å². The van der Waals surface area contributed by atoms with Crippen molar-refractivity contribution in [3.05, 3.63) is 210 Å². The van der Waals surface area contributed by atoms with E-state index in [2.05, 4.69) is 261 Å². The molecule has 4 heterocycles. The van der Waals surface area contributed by atoms with Crippen LogP contribution in [0.5, 0.6) is 0 Å². The molecule has 0 spiro atoms. The van der Waals surface area contributed by atoms with E-state index in [1.807, 2.05) is 0 Å². The molecule has 8 aliphatic carbocycles. The van der Waals surface area contributed by atoms with Crippen molar-refractivity contribution in [1.82, 2.24) is 4.90 Å². The molecular weight excluding hydrogens is 1300 g/mol. The fourth-order valence-corrected chi connectivity index (χ4v) is 28.2. The fraction of sp³-hybridized carbons (Fsp3) is 0.535. The SMILES string of the molecule is CC(C)(C)c1ccc(-c2cccc(-c3ccc(C(C)(C)C)cc3)c2N2C3=CC4SC5CC(N(C6CCCCC6)C6CCCCC6)CC6CC7CCCCC7B(C4C=C3B3c4ccccc4N(c4ccccc4)C4CC(N(c7ccccc7-c7ccccc7)C7CCC(C8CCCCC8)CC7)CC2C34)C65)cc1. The van der Waals surface area contributed by atoms with Gasteiger partial charge in [0.25, 0.3) is 0 Å². The maximum Gasteiger partial charge on any atom is 0.221 e. The Balaban J connectivity index is 0.841. The number of nitrogens with zero attached hydrogens (tertiary/aromatic N) is 4. The minimum absolute atomic E-state index is 0.0340. The lowest BCUT2D eigenvalue weighted by atomic mass is 9.18. The molecule has 7 heteroatoms. The molecule has 3 saturated heterocycles. The normalized spacial score (nSPS) is 30.6. The van der Waals surface area contributed by atoms with Crippen molar-refractivity contribution in [1.29, 1.82) is 0 Å². The van der Waals surface area contributed by atoms with Gasteiger partial charge < -0.3 is 14.7 Å². The number of rotatable bonds is 12. The number of para-hydroxylation sites is 4. The van der Waals surface area contributed by atoms with Crippen LogP contribution in [-0.4, -0.2) is 71.1 Å². The van der Waals surface area contributed by atoms with E-state index < -0.39 is 0 Å². The van der Waals surface area contributed by atoms with Crippen LogP contribution in [0.15, 0.2) is 199 Å². The molecule has 106 heavy (non-hydrogen) atoms. The summed E-state index contributed by atoms with van der Waals surface area (Å²) in [4.78, 5) is 12.7. The number of allylic oxidation sites excluding steroid dienone is 2. The van der Waals surface area contributed by atoms with Crippen molar-refractivity contribution >= 4 is 53.4 Å². The van der Waals surface area contributed by atoms with Crippen molar-refractivity contribution < 1.29 is 0 Å². The largest absolute Gasteiger partial charge is 0.365 e. The van der Waals surface area contributed by atoms with E-state index in [-0.39, 0.29) is 35.7 Å². The number of hydrogen-bond acceptors (Lipinski definition) is 5. The number of hydrogen-bond donors (Lipinski definition) is 0. The summed E-state index contributed by atoms with van der Waals surface area (Å²) in [6.45, 7) is 15.3. The van der Waals surface area contributed by atoms with Gasteiger partial charge in [-0.25, -0.2) is 0 Å². The third-order valence-corrected chi connectivity index (χ3v) is 32.4. The maximum absolute atomic E-state index is 3.35. The summed E-state index contributed by atoms with van der Waals surface area (Å²) in [5.74, 6) is 5.89. The Morgan fingerprint density at radius 3 is 1.58 bits per heavy atom. The lowest BCUT2D eigenvalue weighted by Gasteiger charge is -2.64. The van der Waals surface area contributed by atoms with E-state index in [1.165, 1.54) is 234 Å². The van der Waals surface area contributed by atoms with Crippen LogP contribution in [-0.2, 0) is 10.8 Å². The molecule has 0 amide bonds. The van der Waals surface area contributed by atoms with Crippen LogP contribution in [0.25, 0.3) is 33.4 Å². The molecule has 12 unspecified atom stereocenters. The van der Waals surface area contributed by atoms with Crippen LogP contribution in [0.3, 0.4) is 0 Å². The first kappa shape index (κ1) is 70.3. The van der Waals surface area contributed by atoms with Gasteiger partial charge in [-0.3, -0.25) is 4.90 Å². The van der Waals surface area contributed by atoms with Crippen LogP contribution in [0.4, 0.5) is 22.7 Å². The Morgan fingerprint density at radius 1 is 0.396 bits per heavy atom. The van der Waals surface area contributed by atoms with E-state index in [0.717, 1.165) is 73.0 Å². The van der Waals surface area contributed by atoms with Gasteiger partial charge in [-0.1, -0.05) is 312 Å². The van der Waals surface area contributed by atoms with E-state index in [4.69, 9.17) is 0 Å². The van der Waals surface area contributed by atoms with Gasteiger partial charge in [0.1, 0.15) is 0 Å². The molecule has 0 aromatic heterocycles. The van der Waals surface area contributed by atoms with Gasteiger partial charge in [0.2, 0.25) is 6.71 Å². The second kappa shape index (κ2) is 29.3. The fourth-order valence-electron chi connectivity index (χ4n) is 26.2. The lowest BCUT2D eigenvalue weighted by Crippen LogP contribution is -2.69. The Labute approximate surface area is 644 Å². The summed E-state index contributed by atoms with van der Waals surface area (Å²) >= 11 is 2.55. The molecule has 19 rings (SSSR count). The van der Waals surface area contributed by atoms with E-state index in [9.17, 15) is 0 Å². The molecule has 7 aromatic carbocycles. The second-order valence-corrected chi connectivity index (χ2v) is 39.9. The zero-order chi connectivity index (χ0) is 71.4. The molecule has 12 aliphatic rings. The van der Waals surface area contributed by atoms with E-state index >= 15 is 0 Å². The quantitative estimate of drug-likeness (QED) is 0.113. The second-order valence-electron chi connectivity index (χ2n) is 38.5. The number of fused-ring (bicyclic) bond motifs is 8. The first-order valence-corrected chi connectivity index (χ1v) is 44.7. The minimum atomic E-state index is 0.0340. The first-order valence-electron chi connectivity index (χ1n) is 43.7. The highest BCUT2D eigenvalue weighted by molar-refractivity contribution is 8.01. The molecule has 550 valence electrons. The Kier molecular flexibility index (Phi) is 19.4. The van der Waals surface area contributed by atoms with Gasteiger partial charge in [0.15, 0.2) is 6.71 Å². The maximum atomic E-state index is 3.35. The predicted molar refractivity (Wildman–Crippen MR) is 456 cm³/mol. The summed E-state index contributed by atoms with van der Waals surface area (Å²) in [5, 5.41) is 1.11. The summed E-state index contributed by atoms with van der Waals surface area (Å²) in [5.41, 5.74) is 21.5. The van der Waals surface area contributed by atoms with E-state index in [0.29, 0.717) is 28.2 Å². The molecule has 4 aliphatic heterocycles. The Hall–Kier alpha value is -6.14. The highest BCUT2D eigenvalue weighted by Gasteiger charge is 2.64. The van der Waals surface area contributed by atoms with Gasteiger partial charge in [-0.15, -0.1) is 0 Å². The zero-order valence-electron chi connectivity index (χ0n) is 65.4. The van der Waals surface area contributed by atoms with Crippen LogP contribution in [0.2, 0.25) is 23.3 Å². The van der Waals surface area contributed by atoms with Crippen molar-refractivity contribution in [3.8, 4) is 33.4 Å². The smallest absolute Gasteiger partial charge is 0.221 e. The van der Waals surface area contributed by atoms with Crippen molar-refractivity contribution in [3.63, 3.8) is 0 Å². The summed E-state index contributed by atoms with van der Waals surface area (Å²) in [6.07, 6.45) is 45.4. The van der Waals surface area contributed by atoms with Crippen LogP contribution in [0.1, 0.15) is 232 Å². The average Bonchev–Trinajstić information content (AvgIpc) is 0.687. The summed E-state index contributed by atoms with van der Waals surface area (Å²) in [6, 6.07) is 74.3. The van der Waals surface area contributed by atoms with E-state index in [1.54, 1.807) is 16.6 Å². The number of thioether (sulfide) groups is 1. The standard InChI is InChI=1S/C99H122B2N4S/c1-98(2,3)73-53-47-69(48-54-73)82-41-28-42-83(70-49-55-74(56-50-70)99(4,5)6)97(82)105-90-65-93-87(100-84-43-24-22-33-71(84)59-72-60-79(63-94(106-93)95(72)100)102(75-34-16-9-17-35-75)76-36-18-10-19-37-76)64-86(90)101-85-44-25-27-46-89(85)104(77-38-20-11-21-39-77)91-61-80(62-92(105)96(91)101)103(78-57-51-67(52-58-78)66-29-12-7-13-30-66)88-45-26-23-40-81(88)68-31-14-8-15-32-68/h8,11,14-15,20-21,23,25-28,31-32,38-42,44-50,53-56,64-67,71-72,75-76,78-80,84,87,91-96H,7,9-10,12-13,16-19,22,24,29-30,33-37,43,51-52,57-63H2,1-6H3. The van der Waals surface area contributed by atoms with Crippen molar-refractivity contribution in [2.45, 2.75) is 308 Å².